The first kappa shape index (κ1) is 20.3. The van der Waals surface area contributed by atoms with Gasteiger partial charge in [-0.1, -0.05) is 25.1 Å². The number of hydrogen-bond acceptors (Lipinski definition) is 3. The number of aryl methyl sites for hydroxylation is 1. The summed E-state index contributed by atoms with van der Waals surface area (Å²) in [5, 5.41) is 4.65. The summed E-state index contributed by atoms with van der Waals surface area (Å²) < 4.78 is 7.76. The number of aromatic nitrogens is 2. The summed E-state index contributed by atoms with van der Waals surface area (Å²) in [7, 11) is 0. The van der Waals surface area contributed by atoms with Gasteiger partial charge in [0.05, 0.1) is 17.5 Å². The van der Waals surface area contributed by atoms with Crippen LogP contribution in [0.5, 0.6) is 0 Å². The second kappa shape index (κ2) is 9.69. The van der Waals surface area contributed by atoms with Crippen molar-refractivity contribution in [1.82, 2.24) is 14.7 Å². The molecule has 1 atom stereocenters. The van der Waals surface area contributed by atoms with Gasteiger partial charge in [0, 0.05) is 37.0 Å². The molecular formula is C23H31N3O2. The Hall–Kier alpha value is -2.40. The molecule has 3 rings (SSSR count). The number of rotatable bonds is 7. The number of ether oxygens (including phenoxy) is 1. The van der Waals surface area contributed by atoms with Gasteiger partial charge in [-0.2, -0.15) is 5.10 Å². The van der Waals surface area contributed by atoms with Crippen LogP contribution in [0.25, 0.3) is 11.8 Å². The number of hydrogen-bond donors (Lipinski definition) is 0. The molecule has 0 radical (unpaired) electrons. The van der Waals surface area contributed by atoms with Crippen LogP contribution in [-0.4, -0.2) is 46.4 Å². The molecule has 1 amide bonds. The maximum Gasteiger partial charge on any atom is 0.246 e. The van der Waals surface area contributed by atoms with Gasteiger partial charge in [-0.05, 0) is 57.7 Å². The van der Waals surface area contributed by atoms with Gasteiger partial charge in [-0.3, -0.25) is 4.79 Å². The Morgan fingerprint density at radius 2 is 2.07 bits per heavy atom. The third kappa shape index (κ3) is 4.90. The lowest BCUT2D eigenvalue weighted by atomic mass is 10.1. The summed E-state index contributed by atoms with van der Waals surface area (Å²) in [5.41, 5.74) is 3.98. The molecule has 28 heavy (non-hydrogen) atoms. The standard InChI is InChI=1S/C23H31N3O2/c1-4-15-25(17-21-12-8-9-16-28-21)23(27)14-13-22-18(2)24-26(19(22)3)20-10-6-5-7-11-20/h5-7,10-11,13-14,21H,4,8-9,12,15-17H2,1-3H3/b14-13+. The molecule has 1 saturated heterocycles. The van der Waals surface area contributed by atoms with Gasteiger partial charge in [0.1, 0.15) is 0 Å². The molecule has 1 aromatic carbocycles. The van der Waals surface area contributed by atoms with Gasteiger partial charge in [-0.25, -0.2) is 4.68 Å². The zero-order valence-corrected chi connectivity index (χ0v) is 17.2. The fourth-order valence-corrected chi connectivity index (χ4v) is 3.74. The Kier molecular flexibility index (Phi) is 7.04. The van der Waals surface area contributed by atoms with Gasteiger partial charge in [0.2, 0.25) is 5.91 Å². The van der Waals surface area contributed by atoms with E-state index in [1.807, 2.05) is 59.8 Å². The van der Waals surface area contributed by atoms with Crippen LogP contribution in [0.3, 0.4) is 0 Å². The first-order chi connectivity index (χ1) is 13.6. The van der Waals surface area contributed by atoms with Crippen LogP contribution in [0.15, 0.2) is 36.4 Å². The summed E-state index contributed by atoms with van der Waals surface area (Å²) in [4.78, 5) is 14.8. The van der Waals surface area contributed by atoms with Crippen molar-refractivity contribution in [2.75, 3.05) is 19.7 Å². The Balaban J connectivity index is 1.74. The SMILES string of the molecule is CCCN(CC1CCCCO1)C(=O)/C=C/c1c(C)nn(-c2ccccc2)c1C. The van der Waals surface area contributed by atoms with E-state index >= 15 is 0 Å². The molecule has 0 N–H and O–H groups in total. The van der Waals surface area contributed by atoms with E-state index in [-0.39, 0.29) is 12.0 Å². The second-order valence-electron chi connectivity index (χ2n) is 7.44. The van der Waals surface area contributed by atoms with Crippen molar-refractivity contribution in [3.63, 3.8) is 0 Å². The van der Waals surface area contributed by atoms with E-state index in [1.54, 1.807) is 6.08 Å². The first-order valence-corrected chi connectivity index (χ1v) is 10.3. The Morgan fingerprint density at radius 1 is 1.29 bits per heavy atom. The molecule has 5 heteroatoms. The van der Waals surface area contributed by atoms with E-state index in [1.165, 1.54) is 6.42 Å². The van der Waals surface area contributed by atoms with Crippen LogP contribution in [-0.2, 0) is 9.53 Å². The number of para-hydroxylation sites is 1. The number of amides is 1. The molecule has 0 bridgehead atoms. The highest BCUT2D eigenvalue weighted by Gasteiger charge is 2.20. The van der Waals surface area contributed by atoms with Gasteiger partial charge >= 0.3 is 0 Å². The average Bonchev–Trinajstić information content (AvgIpc) is 3.01. The van der Waals surface area contributed by atoms with Crippen molar-refractivity contribution >= 4 is 12.0 Å². The first-order valence-electron chi connectivity index (χ1n) is 10.3. The van der Waals surface area contributed by atoms with Gasteiger partial charge < -0.3 is 9.64 Å². The minimum absolute atomic E-state index is 0.0438. The summed E-state index contributed by atoms with van der Waals surface area (Å²) in [6, 6.07) is 10.1. The van der Waals surface area contributed by atoms with Crippen molar-refractivity contribution in [3.8, 4) is 5.69 Å². The molecule has 150 valence electrons. The fraction of sp³-hybridized carbons (Fsp3) is 0.478. The van der Waals surface area contributed by atoms with Gasteiger partial charge in [0.15, 0.2) is 0 Å². The van der Waals surface area contributed by atoms with Crippen molar-refractivity contribution < 1.29 is 9.53 Å². The molecule has 0 saturated carbocycles. The van der Waals surface area contributed by atoms with Crippen LogP contribution < -0.4 is 0 Å². The molecule has 1 aliphatic rings. The second-order valence-corrected chi connectivity index (χ2v) is 7.44. The average molecular weight is 382 g/mol. The summed E-state index contributed by atoms with van der Waals surface area (Å²) >= 11 is 0. The smallest absolute Gasteiger partial charge is 0.246 e. The van der Waals surface area contributed by atoms with Gasteiger partial charge in [0.25, 0.3) is 0 Å². The quantitative estimate of drug-likeness (QED) is 0.672. The monoisotopic (exact) mass is 381 g/mol. The maximum atomic E-state index is 12.8. The van der Waals surface area contributed by atoms with E-state index < -0.39 is 0 Å². The summed E-state index contributed by atoms with van der Waals surface area (Å²) in [5.74, 6) is 0.0438. The zero-order valence-electron chi connectivity index (χ0n) is 17.2. The highest BCUT2D eigenvalue weighted by atomic mass is 16.5. The molecule has 0 spiro atoms. The van der Waals surface area contributed by atoms with E-state index in [0.29, 0.717) is 6.54 Å². The van der Waals surface area contributed by atoms with Crippen LogP contribution in [0.1, 0.15) is 49.6 Å². The predicted octanol–water partition coefficient (Wildman–Crippen LogP) is 4.31. The molecule has 1 aromatic heterocycles. The van der Waals surface area contributed by atoms with Crippen LogP contribution in [0, 0.1) is 13.8 Å². The molecular weight excluding hydrogens is 350 g/mol. The number of carbonyl (C=O) groups excluding carboxylic acids is 1. The molecule has 1 aliphatic heterocycles. The minimum Gasteiger partial charge on any atom is -0.376 e. The Morgan fingerprint density at radius 3 is 2.75 bits per heavy atom. The molecule has 1 fully saturated rings. The molecule has 1 unspecified atom stereocenters. The topological polar surface area (TPSA) is 47.4 Å². The number of carbonyl (C=O) groups is 1. The van der Waals surface area contributed by atoms with Crippen molar-refractivity contribution in [3.05, 3.63) is 53.4 Å². The van der Waals surface area contributed by atoms with Crippen molar-refractivity contribution in [2.45, 2.75) is 52.6 Å². The van der Waals surface area contributed by atoms with E-state index in [9.17, 15) is 4.79 Å². The molecule has 0 aliphatic carbocycles. The van der Waals surface area contributed by atoms with E-state index in [2.05, 4.69) is 12.0 Å². The maximum absolute atomic E-state index is 12.8. The zero-order chi connectivity index (χ0) is 19.9. The van der Waals surface area contributed by atoms with E-state index in [0.717, 1.165) is 55.1 Å². The Bertz CT molecular complexity index is 805. The van der Waals surface area contributed by atoms with E-state index in [4.69, 9.17) is 4.74 Å². The van der Waals surface area contributed by atoms with Crippen LogP contribution in [0.2, 0.25) is 0 Å². The lowest BCUT2D eigenvalue weighted by Gasteiger charge is -2.29. The van der Waals surface area contributed by atoms with Crippen LogP contribution in [0.4, 0.5) is 0 Å². The van der Waals surface area contributed by atoms with Crippen molar-refractivity contribution in [2.24, 2.45) is 0 Å². The number of benzene rings is 1. The third-order valence-electron chi connectivity index (χ3n) is 5.24. The Labute approximate surface area is 168 Å². The third-order valence-corrected chi connectivity index (χ3v) is 5.24. The van der Waals surface area contributed by atoms with Crippen molar-refractivity contribution in [1.29, 1.82) is 0 Å². The normalized spacial score (nSPS) is 17.2. The summed E-state index contributed by atoms with van der Waals surface area (Å²) in [6.45, 7) is 8.37. The largest absolute Gasteiger partial charge is 0.376 e. The minimum atomic E-state index is 0.0438. The predicted molar refractivity (Wildman–Crippen MR) is 113 cm³/mol. The van der Waals surface area contributed by atoms with Gasteiger partial charge in [-0.15, -0.1) is 0 Å². The van der Waals surface area contributed by atoms with Crippen LogP contribution >= 0.6 is 0 Å². The number of nitrogens with zero attached hydrogens (tertiary/aromatic N) is 3. The molecule has 5 nitrogen and oxygen atoms in total. The summed E-state index contributed by atoms with van der Waals surface area (Å²) in [6.07, 6.45) is 8.06. The lowest BCUT2D eigenvalue weighted by Crippen LogP contribution is -2.39. The molecule has 2 aromatic rings. The highest BCUT2D eigenvalue weighted by molar-refractivity contribution is 5.92. The highest BCUT2D eigenvalue weighted by Crippen LogP contribution is 2.20. The fourth-order valence-electron chi connectivity index (χ4n) is 3.74. The lowest BCUT2D eigenvalue weighted by molar-refractivity contribution is -0.128. The molecule has 2 heterocycles.